The molecule has 1 aliphatic rings. The summed E-state index contributed by atoms with van der Waals surface area (Å²) in [5, 5.41) is 0. The highest BCUT2D eigenvalue weighted by molar-refractivity contribution is 5.26. The molecular formula is C12H16FNO. The zero-order valence-corrected chi connectivity index (χ0v) is 8.87. The Balaban J connectivity index is 2.08. The molecule has 1 atom stereocenters. The summed E-state index contributed by atoms with van der Waals surface area (Å²) < 4.78 is 18.9. The van der Waals surface area contributed by atoms with E-state index in [2.05, 4.69) is 0 Å². The highest BCUT2D eigenvalue weighted by Crippen LogP contribution is 2.25. The highest BCUT2D eigenvalue weighted by Gasteiger charge is 2.22. The van der Waals surface area contributed by atoms with Crippen LogP contribution in [0.1, 0.15) is 36.9 Å². The molecule has 1 aromatic rings. The second kappa shape index (κ2) is 4.29. The van der Waals surface area contributed by atoms with Crippen LogP contribution in [0.3, 0.4) is 0 Å². The van der Waals surface area contributed by atoms with Crippen LogP contribution >= 0.6 is 0 Å². The Kier molecular flexibility index (Phi) is 3.03. The lowest BCUT2D eigenvalue weighted by Gasteiger charge is -2.09. The van der Waals surface area contributed by atoms with Gasteiger partial charge in [-0.25, -0.2) is 4.39 Å². The Hall–Kier alpha value is -0.930. The van der Waals surface area contributed by atoms with Gasteiger partial charge >= 0.3 is 0 Å². The zero-order chi connectivity index (χ0) is 10.8. The first-order valence-corrected chi connectivity index (χ1v) is 5.32. The van der Waals surface area contributed by atoms with Crippen LogP contribution in [0, 0.1) is 5.82 Å². The van der Waals surface area contributed by atoms with Crippen molar-refractivity contribution in [2.75, 3.05) is 0 Å². The highest BCUT2D eigenvalue weighted by atomic mass is 19.1. The molecule has 82 valence electrons. The molecule has 0 aliphatic heterocycles. The predicted molar refractivity (Wildman–Crippen MR) is 56.8 cm³/mol. The molecule has 3 heteroatoms. The van der Waals surface area contributed by atoms with Crippen LogP contribution in [0.5, 0.6) is 0 Å². The van der Waals surface area contributed by atoms with Gasteiger partial charge in [-0.2, -0.15) is 0 Å². The van der Waals surface area contributed by atoms with E-state index in [0.29, 0.717) is 18.3 Å². The standard InChI is InChI=1S/C12H16FNO/c1-8(14)9-2-5-12(13)10(6-9)7-15-11-3-4-11/h2,5-6,8,11H,3-4,7,14H2,1H3/t8-/m1/s1. The van der Waals surface area contributed by atoms with Gasteiger partial charge in [0.05, 0.1) is 12.7 Å². The van der Waals surface area contributed by atoms with Gasteiger partial charge in [-0.05, 0) is 37.5 Å². The maximum Gasteiger partial charge on any atom is 0.128 e. The van der Waals surface area contributed by atoms with Crippen molar-refractivity contribution in [3.05, 3.63) is 35.1 Å². The fraction of sp³-hybridized carbons (Fsp3) is 0.500. The van der Waals surface area contributed by atoms with Crippen LogP contribution < -0.4 is 5.73 Å². The molecule has 0 amide bonds. The molecule has 0 saturated heterocycles. The third-order valence-electron chi connectivity index (χ3n) is 2.59. The van der Waals surface area contributed by atoms with Crippen LogP contribution in [-0.4, -0.2) is 6.10 Å². The lowest BCUT2D eigenvalue weighted by Crippen LogP contribution is -2.07. The largest absolute Gasteiger partial charge is 0.373 e. The summed E-state index contributed by atoms with van der Waals surface area (Å²) in [6.07, 6.45) is 2.56. The SMILES string of the molecule is C[C@@H](N)c1ccc(F)c(COC2CC2)c1. The average molecular weight is 209 g/mol. The van der Waals surface area contributed by atoms with Crippen molar-refractivity contribution in [1.29, 1.82) is 0 Å². The molecule has 15 heavy (non-hydrogen) atoms. The quantitative estimate of drug-likeness (QED) is 0.827. The van der Waals surface area contributed by atoms with Gasteiger partial charge in [0.25, 0.3) is 0 Å². The number of rotatable bonds is 4. The van der Waals surface area contributed by atoms with Crippen molar-refractivity contribution in [3.63, 3.8) is 0 Å². The van der Waals surface area contributed by atoms with Gasteiger partial charge in [0, 0.05) is 11.6 Å². The summed E-state index contributed by atoms with van der Waals surface area (Å²) in [6, 6.07) is 4.91. The molecule has 2 nitrogen and oxygen atoms in total. The minimum Gasteiger partial charge on any atom is -0.373 e. The lowest BCUT2D eigenvalue weighted by molar-refractivity contribution is 0.103. The van der Waals surface area contributed by atoms with Crippen LogP contribution in [0.25, 0.3) is 0 Å². The maximum absolute atomic E-state index is 13.4. The maximum atomic E-state index is 13.4. The molecule has 2 N–H and O–H groups in total. The first-order valence-electron chi connectivity index (χ1n) is 5.32. The van der Waals surface area contributed by atoms with Crippen molar-refractivity contribution in [3.8, 4) is 0 Å². The van der Waals surface area contributed by atoms with Gasteiger partial charge in [0.15, 0.2) is 0 Å². The second-order valence-electron chi connectivity index (χ2n) is 4.15. The Bertz CT molecular complexity index is 347. The number of benzene rings is 1. The Morgan fingerprint density at radius 2 is 2.27 bits per heavy atom. The Morgan fingerprint density at radius 3 is 2.87 bits per heavy atom. The van der Waals surface area contributed by atoms with E-state index in [9.17, 15) is 4.39 Å². The number of hydrogen-bond acceptors (Lipinski definition) is 2. The van der Waals surface area contributed by atoms with Crippen molar-refractivity contribution in [2.45, 2.75) is 38.5 Å². The van der Waals surface area contributed by atoms with Gasteiger partial charge in [0.2, 0.25) is 0 Å². The van der Waals surface area contributed by atoms with Gasteiger partial charge < -0.3 is 10.5 Å². The van der Waals surface area contributed by atoms with E-state index < -0.39 is 0 Å². The molecule has 0 unspecified atom stereocenters. The fourth-order valence-corrected chi connectivity index (χ4v) is 1.43. The second-order valence-corrected chi connectivity index (χ2v) is 4.15. The Labute approximate surface area is 89.2 Å². The van der Waals surface area contributed by atoms with E-state index in [1.165, 1.54) is 6.07 Å². The van der Waals surface area contributed by atoms with E-state index in [-0.39, 0.29) is 11.9 Å². The van der Waals surface area contributed by atoms with E-state index in [1.807, 2.05) is 6.92 Å². The normalized spacial score (nSPS) is 17.8. The van der Waals surface area contributed by atoms with Crippen molar-refractivity contribution >= 4 is 0 Å². The summed E-state index contributed by atoms with van der Waals surface area (Å²) in [5.41, 5.74) is 7.30. The molecule has 1 fully saturated rings. The van der Waals surface area contributed by atoms with Gasteiger partial charge in [0.1, 0.15) is 5.82 Å². The summed E-state index contributed by atoms with van der Waals surface area (Å²) in [7, 11) is 0. The molecule has 0 aromatic heterocycles. The molecule has 0 spiro atoms. The molecule has 0 heterocycles. The summed E-state index contributed by atoms with van der Waals surface area (Å²) in [4.78, 5) is 0. The van der Waals surface area contributed by atoms with Gasteiger partial charge in [-0.3, -0.25) is 0 Å². The van der Waals surface area contributed by atoms with Gasteiger partial charge in [-0.15, -0.1) is 0 Å². The summed E-state index contributed by atoms with van der Waals surface area (Å²) in [5.74, 6) is -0.208. The number of nitrogens with two attached hydrogens (primary N) is 1. The minimum atomic E-state index is -0.208. The van der Waals surface area contributed by atoms with Crippen LogP contribution in [0.4, 0.5) is 4.39 Å². The first kappa shape index (κ1) is 10.6. The van der Waals surface area contributed by atoms with Crippen LogP contribution in [0.2, 0.25) is 0 Å². The summed E-state index contributed by atoms with van der Waals surface area (Å²) >= 11 is 0. The third-order valence-corrected chi connectivity index (χ3v) is 2.59. The predicted octanol–water partition coefficient (Wildman–Crippen LogP) is 2.52. The number of ether oxygens (including phenoxy) is 1. The monoisotopic (exact) mass is 209 g/mol. The van der Waals surface area contributed by atoms with Crippen LogP contribution in [0.15, 0.2) is 18.2 Å². The van der Waals surface area contributed by atoms with Crippen molar-refractivity contribution in [1.82, 2.24) is 0 Å². The molecule has 1 saturated carbocycles. The molecule has 1 aromatic carbocycles. The fourth-order valence-electron chi connectivity index (χ4n) is 1.43. The van der Waals surface area contributed by atoms with E-state index in [0.717, 1.165) is 18.4 Å². The van der Waals surface area contributed by atoms with Crippen molar-refractivity contribution in [2.24, 2.45) is 5.73 Å². The molecular weight excluding hydrogens is 193 g/mol. The average Bonchev–Trinajstić information content (AvgIpc) is 3.00. The molecule has 1 aliphatic carbocycles. The topological polar surface area (TPSA) is 35.2 Å². The van der Waals surface area contributed by atoms with E-state index in [1.54, 1.807) is 12.1 Å². The zero-order valence-electron chi connectivity index (χ0n) is 8.87. The Morgan fingerprint density at radius 1 is 1.53 bits per heavy atom. The molecule has 0 bridgehead atoms. The number of halogens is 1. The number of hydrogen-bond donors (Lipinski definition) is 1. The van der Waals surface area contributed by atoms with Crippen LogP contribution in [-0.2, 0) is 11.3 Å². The molecule has 0 radical (unpaired) electrons. The third kappa shape index (κ3) is 2.76. The molecule has 2 rings (SSSR count). The first-order chi connectivity index (χ1) is 7.16. The summed E-state index contributed by atoms with van der Waals surface area (Å²) in [6.45, 7) is 2.25. The van der Waals surface area contributed by atoms with Crippen molar-refractivity contribution < 1.29 is 9.13 Å². The van der Waals surface area contributed by atoms with Gasteiger partial charge in [-0.1, -0.05) is 6.07 Å². The lowest BCUT2D eigenvalue weighted by atomic mass is 10.1. The van der Waals surface area contributed by atoms with E-state index in [4.69, 9.17) is 10.5 Å². The van der Waals surface area contributed by atoms with E-state index >= 15 is 0 Å². The minimum absolute atomic E-state index is 0.0646. The smallest absolute Gasteiger partial charge is 0.128 e.